The van der Waals surface area contributed by atoms with Crippen molar-refractivity contribution in [2.75, 3.05) is 4.72 Å². The molecule has 1 N–H and O–H groups in total. The Morgan fingerprint density at radius 2 is 1.80 bits per heavy atom. The van der Waals surface area contributed by atoms with Crippen LogP contribution in [0, 0.1) is 12.7 Å². The lowest BCUT2D eigenvalue weighted by Gasteiger charge is -2.10. The van der Waals surface area contributed by atoms with Crippen LogP contribution in [0.3, 0.4) is 0 Å². The fraction of sp³-hybridized carbons (Fsp3) is 0.0500. The topological polar surface area (TPSA) is 99.0 Å². The number of benzene rings is 2. The van der Waals surface area contributed by atoms with Crippen LogP contribution >= 0.6 is 0 Å². The molecule has 4 aromatic rings. The summed E-state index contributed by atoms with van der Waals surface area (Å²) in [4.78, 5) is 8.13. The molecule has 0 aliphatic heterocycles. The lowest BCUT2D eigenvalue weighted by Crippen LogP contribution is -2.14. The van der Waals surface area contributed by atoms with Crippen molar-refractivity contribution in [3.63, 3.8) is 0 Å². The van der Waals surface area contributed by atoms with Crippen molar-refractivity contribution >= 4 is 15.7 Å². The summed E-state index contributed by atoms with van der Waals surface area (Å²) in [5.74, 6) is 0.988. The fourth-order valence-electron chi connectivity index (χ4n) is 2.68. The first kappa shape index (κ1) is 19.5. The van der Waals surface area contributed by atoms with Crippen LogP contribution in [-0.4, -0.2) is 28.2 Å². The van der Waals surface area contributed by atoms with Crippen molar-refractivity contribution in [1.29, 1.82) is 0 Å². The molecule has 152 valence electrons. The number of hydrogen-bond acceptors (Lipinski definition) is 6. The average molecular weight is 425 g/mol. The van der Waals surface area contributed by atoms with E-state index in [-0.39, 0.29) is 5.69 Å². The summed E-state index contributed by atoms with van der Waals surface area (Å²) < 4.78 is 48.2. The Hall–Kier alpha value is -3.79. The van der Waals surface area contributed by atoms with Gasteiger partial charge in [0.15, 0.2) is 5.82 Å². The van der Waals surface area contributed by atoms with E-state index in [2.05, 4.69) is 19.8 Å². The first-order valence-corrected chi connectivity index (χ1v) is 10.3. The molecular weight excluding hydrogens is 409 g/mol. The second-order valence-electron chi connectivity index (χ2n) is 6.22. The molecule has 2 aromatic heterocycles. The van der Waals surface area contributed by atoms with Gasteiger partial charge in [0.05, 0.1) is 0 Å². The van der Waals surface area contributed by atoms with Gasteiger partial charge in [0.1, 0.15) is 22.3 Å². The summed E-state index contributed by atoms with van der Waals surface area (Å²) in [6, 6.07) is 14.7. The quantitative estimate of drug-likeness (QED) is 0.506. The van der Waals surface area contributed by atoms with Crippen LogP contribution in [0.25, 0.3) is 5.82 Å². The van der Waals surface area contributed by atoms with E-state index < -0.39 is 20.7 Å². The van der Waals surface area contributed by atoms with Gasteiger partial charge in [-0.25, -0.2) is 22.5 Å². The van der Waals surface area contributed by atoms with E-state index in [0.29, 0.717) is 23.3 Å². The fourth-order valence-corrected chi connectivity index (χ4v) is 3.82. The third-order valence-electron chi connectivity index (χ3n) is 4.00. The Balaban J connectivity index is 1.52. The lowest BCUT2D eigenvalue weighted by molar-refractivity contribution is 0.459. The van der Waals surface area contributed by atoms with Gasteiger partial charge in [0.25, 0.3) is 10.0 Å². The SMILES string of the molecule is Cc1nc(Oc2ccc(NS(=O)(=O)c3ccccc3F)cc2)cc(-n2cccn2)n1. The molecule has 4 rings (SSSR count). The number of ether oxygens (including phenoxy) is 1. The maximum Gasteiger partial charge on any atom is 0.264 e. The van der Waals surface area contributed by atoms with Crippen molar-refractivity contribution < 1.29 is 17.5 Å². The molecule has 0 aliphatic carbocycles. The minimum absolute atomic E-state index is 0.265. The second kappa shape index (κ2) is 7.91. The summed E-state index contributed by atoms with van der Waals surface area (Å²) in [6.45, 7) is 1.74. The van der Waals surface area contributed by atoms with Gasteiger partial charge in [-0.3, -0.25) is 4.72 Å². The second-order valence-corrected chi connectivity index (χ2v) is 7.88. The monoisotopic (exact) mass is 425 g/mol. The van der Waals surface area contributed by atoms with E-state index in [1.54, 1.807) is 48.3 Å². The van der Waals surface area contributed by atoms with Gasteiger partial charge in [0.2, 0.25) is 5.88 Å². The maximum atomic E-state index is 13.8. The van der Waals surface area contributed by atoms with Gasteiger partial charge in [-0.05, 0) is 49.4 Å². The van der Waals surface area contributed by atoms with E-state index >= 15 is 0 Å². The largest absolute Gasteiger partial charge is 0.439 e. The highest BCUT2D eigenvalue weighted by atomic mass is 32.2. The van der Waals surface area contributed by atoms with E-state index in [0.717, 1.165) is 6.07 Å². The number of anilines is 1. The summed E-state index contributed by atoms with van der Waals surface area (Å²) >= 11 is 0. The molecule has 0 bridgehead atoms. The maximum absolute atomic E-state index is 13.8. The van der Waals surface area contributed by atoms with Crippen LogP contribution in [0.4, 0.5) is 10.1 Å². The number of sulfonamides is 1. The molecule has 30 heavy (non-hydrogen) atoms. The lowest BCUT2D eigenvalue weighted by atomic mass is 10.3. The van der Waals surface area contributed by atoms with Crippen LogP contribution in [0.15, 0.2) is 78.0 Å². The third-order valence-corrected chi connectivity index (χ3v) is 5.41. The van der Waals surface area contributed by atoms with E-state index in [9.17, 15) is 12.8 Å². The number of rotatable bonds is 6. The van der Waals surface area contributed by atoms with Gasteiger partial charge in [0, 0.05) is 24.1 Å². The normalized spacial score (nSPS) is 11.3. The summed E-state index contributed by atoms with van der Waals surface area (Å²) in [5.41, 5.74) is 0.265. The Bertz CT molecular complexity index is 1280. The van der Waals surface area contributed by atoms with Gasteiger partial charge in [-0.15, -0.1) is 0 Å². The summed E-state index contributed by atoms with van der Waals surface area (Å²) in [5, 5.41) is 4.13. The highest BCUT2D eigenvalue weighted by molar-refractivity contribution is 7.92. The van der Waals surface area contributed by atoms with E-state index in [1.807, 2.05) is 0 Å². The van der Waals surface area contributed by atoms with Crippen molar-refractivity contribution in [1.82, 2.24) is 19.7 Å². The molecule has 0 saturated carbocycles. The Kier molecular flexibility index (Phi) is 5.15. The molecular formula is C20H16FN5O3S. The Labute approximate surface area is 172 Å². The van der Waals surface area contributed by atoms with Gasteiger partial charge >= 0.3 is 0 Å². The van der Waals surface area contributed by atoms with Crippen LogP contribution in [0.2, 0.25) is 0 Å². The zero-order valence-electron chi connectivity index (χ0n) is 15.7. The third kappa shape index (κ3) is 4.28. The van der Waals surface area contributed by atoms with Gasteiger partial charge < -0.3 is 4.74 Å². The highest BCUT2D eigenvalue weighted by Crippen LogP contribution is 2.24. The Morgan fingerprint density at radius 3 is 2.50 bits per heavy atom. The molecule has 0 radical (unpaired) electrons. The van der Waals surface area contributed by atoms with Crippen molar-refractivity contribution in [2.24, 2.45) is 0 Å². The summed E-state index contributed by atoms with van der Waals surface area (Å²) in [6.07, 6.45) is 3.39. The standard InChI is InChI=1S/C20H16FN5O3S/c1-14-23-19(26-12-4-11-22-26)13-20(24-14)29-16-9-7-15(8-10-16)25-30(27,28)18-6-3-2-5-17(18)21/h2-13,25H,1H3. The van der Waals surface area contributed by atoms with Crippen LogP contribution in [0.1, 0.15) is 5.82 Å². The zero-order chi connectivity index (χ0) is 21.1. The van der Waals surface area contributed by atoms with Crippen molar-refractivity contribution in [3.05, 3.63) is 84.7 Å². The van der Waals surface area contributed by atoms with E-state index in [4.69, 9.17) is 4.74 Å². The molecule has 2 aromatic carbocycles. The van der Waals surface area contributed by atoms with Gasteiger partial charge in [-0.2, -0.15) is 10.1 Å². The molecule has 0 aliphatic rings. The number of hydrogen-bond donors (Lipinski definition) is 1. The molecule has 0 spiro atoms. The molecule has 2 heterocycles. The number of halogens is 1. The van der Waals surface area contributed by atoms with Crippen molar-refractivity contribution in [3.8, 4) is 17.4 Å². The predicted octanol–water partition coefficient (Wildman–Crippen LogP) is 3.70. The molecule has 0 amide bonds. The molecule has 0 atom stereocenters. The first-order valence-electron chi connectivity index (χ1n) is 8.82. The highest BCUT2D eigenvalue weighted by Gasteiger charge is 2.18. The molecule has 0 unspecified atom stereocenters. The number of nitrogens with one attached hydrogen (secondary N) is 1. The number of nitrogens with zero attached hydrogens (tertiary/aromatic N) is 4. The first-order chi connectivity index (χ1) is 14.4. The number of aromatic nitrogens is 4. The minimum Gasteiger partial charge on any atom is -0.439 e. The smallest absolute Gasteiger partial charge is 0.264 e. The van der Waals surface area contributed by atoms with Crippen LogP contribution in [-0.2, 0) is 10.0 Å². The predicted molar refractivity (Wildman–Crippen MR) is 108 cm³/mol. The molecule has 10 heteroatoms. The molecule has 8 nitrogen and oxygen atoms in total. The average Bonchev–Trinajstić information content (AvgIpc) is 3.24. The van der Waals surface area contributed by atoms with E-state index in [1.165, 1.54) is 30.3 Å². The number of aryl methyl sites for hydroxylation is 1. The molecule has 0 saturated heterocycles. The van der Waals surface area contributed by atoms with Crippen LogP contribution < -0.4 is 9.46 Å². The van der Waals surface area contributed by atoms with Crippen LogP contribution in [0.5, 0.6) is 11.6 Å². The Morgan fingerprint density at radius 1 is 1.03 bits per heavy atom. The van der Waals surface area contributed by atoms with Crippen molar-refractivity contribution in [2.45, 2.75) is 11.8 Å². The van der Waals surface area contributed by atoms with Gasteiger partial charge in [-0.1, -0.05) is 12.1 Å². The minimum atomic E-state index is -4.05. The zero-order valence-corrected chi connectivity index (χ0v) is 16.5. The summed E-state index contributed by atoms with van der Waals surface area (Å²) in [7, 11) is -4.05. The molecule has 0 fully saturated rings.